The van der Waals surface area contributed by atoms with Gasteiger partial charge in [0.2, 0.25) is 11.5 Å². The van der Waals surface area contributed by atoms with Gasteiger partial charge in [0, 0.05) is 11.6 Å². The Kier molecular flexibility index (Phi) is 10.1. The fraction of sp³-hybridized carbons (Fsp3) is 0.317. The van der Waals surface area contributed by atoms with Crippen LogP contribution in [0.4, 0.5) is 0 Å². The summed E-state index contributed by atoms with van der Waals surface area (Å²) in [6, 6.07) is 1.71. The molecule has 1 aromatic heterocycles. The molecule has 1 unspecified atom stereocenters. The maximum Gasteiger partial charge on any atom is 0.356 e. The van der Waals surface area contributed by atoms with Crippen LogP contribution < -0.4 is 14.2 Å². The number of aryl methyl sites for hydroxylation is 2. The minimum Gasteiger partial charge on any atom is -0.497 e. The summed E-state index contributed by atoms with van der Waals surface area (Å²) < 4.78 is 23.4. The van der Waals surface area contributed by atoms with Crippen LogP contribution in [0.1, 0.15) is 83.3 Å². The average molecular weight is 723 g/mol. The molecule has 1 aliphatic carbocycles. The van der Waals surface area contributed by atoms with Crippen molar-refractivity contribution in [2.75, 3.05) is 7.11 Å². The third-order valence-electron chi connectivity index (χ3n) is 10.5. The fourth-order valence-corrected chi connectivity index (χ4v) is 6.85. The first-order valence-corrected chi connectivity index (χ1v) is 16.8. The highest BCUT2D eigenvalue weighted by atomic mass is 16.6. The van der Waals surface area contributed by atoms with Gasteiger partial charge in [0.15, 0.2) is 5.78 Å². The predicted molar refractivity (Wildman–Crippen MR) is 196 cm³/mol. The van der Waals surface area contributed by atoms with Crippen molar-refractivity contribution >= 4 is 34.6 Å². The molecular formula is C41H42N2O10. The number of carbonyl (C=O) groups is 4. The number of fused-ring (bicyclic) bond motifs is 1. The molecule has 0 bridgehead atoms. The molecule has 1 aliphatic rings. The van der Waals surface area contributed by atoms with Crippen molar-refractivity contribution < 1.29 is 48.3 Å². The average Bonchev–Trinajstić information content (AvgIpc) is 3.10. The molecule has 0 saturated heterocycles. The Morgan fingerprint density at radius 1 is 0.698 bits per heavy atom. The van der Waals surface area contributed by atoms with Crippen LogP contribution >= 0.6 is 0 Å². The zero-order valence-corrected chi connectivity index (χ0v) is 31.9. The number of nitrogens with zero attached hydrogens (tertiary/aromatic N) is 2. The van der Waals surface area contributed by atoms with E-state index in [1.807, 2.05) is 20.8 Å². The zero-order valence-electron chi connectivity index (χ0n) is 31.9. The van der Waals surface area contributed by atoms with Crippen LogP contribution in [0.2, 0.25) is 0 Å². The molecule has 12 nitrogen and oxygen atoms in total. The number of carboxylic acid groups (broad SMARTS) is 1. The lowest BCUT2D eigenvalue weighted by atomic mass is 9.87. The lowest BCUT2D eigenvalue weighted by Crippen LogP contribution is -2.47. The van der Waals surface area contributed by atoms with Crippen LogP contribution in [-0.4, -0.2) is 56.6 Å². The van der Waals surface area contributed by atoms with E-state index in [4.69, 9.17) is 18.9 Å². The van der Waals surface area contributed by atoms with Crippen LogP contribution in [0.5, 0.6) is 23.1 Å². The van der Waals surface area contributed by atoms with Crippen molar-refractivity contribution in [2.45, 2.75) is 81.8 Å². The van der Waals surface area contributed by atoms with Crippen molar-refractivity contribution in [1.29, 1.82) is 0 Å². The molecule has 1 heterocycles. The summed E-state index contributed by atoms with van der Waals surface area (Å²) in [5.41, 5.74) is 4.50. The van der Waals surface area contributed by atoms with E-state index in [1.165, 1.54) is 20.4 Å². The van der Waals surface area contributed by atoms with E-state index < -0.39 is 29.3 Å². The number of methoxy groups -OCH3 is 1. The number of ether oxygens (including phenoxy) is 4. The van der Waals surface area contributed by atoms with Gasteiger partial charge >= 0.3 is 17.9 Å². The number of aromatic nitrogens is 2. The largest absolute Gasteiger partial charge is 0.497 e. The fourth-order valence-electron chi connectivity index (χ4n) is 6.85. The molecule has 1 atom stereocenters. The van der Waals surface area contributed by atoms with Crippen molar-refractivity contribution in [3.05, 3.63) is 103 Å². The second-order valence-electron chi connectivity index (χ2n) is 13.5. The number of hydrogen-bond acceptors (Lipinski definition) is 11. The molecule has 5 rings (SSSR count). The van der Waals surface area contributed by atoms with Crippen molar-refractivity contribution in [1.82, 2.24) is 9.97 Å². The Morgan fingerprint density at radius 3 is 1.79 bits per heavy atom. The second kappa shape index (κ2) is 13.9. The topological polar surface area (TPSA) is 171 Å². The summed E-state index contributed by atoms with van der Waals surface area (Å²) >= 11 is 0. The lowest BCUT2D eigenvalue weighted by molar-refractivity contribution is -0.151. The van der Waals surface area contributed by atoms with Crippen LogP contribution in [-0.2, 0) is 14.3 Å². The summed E-state index contributed by atoms with van der Waals surface area (Å²) in [7, 11) is 1.24. The highest BCUT2D eigenvalue weighted by molar-refractivity contribution is 6.06. The van der Waals surface area contributed by atoms with E-state index in [2.05, 4.69) is 9.97 Å². The quantitative estimate of drug-likeness (QED) is 0.140. The number of ketones is 1. The zero-order chi connectivity index (χ0) is 39.4. The van der Waals surface area contributed by atoms with Gasteiger partial charge in [0.25, 0.3) is 0 Å². The Hall–Kier alpha value is -5.88. The molecule has 0 saturated carbocycles. The molecule has 0 aliphatic heterocycles. The minimum atomic E-state index is -2.32. The lowest BCUT2D eigenvalue weighted by Gasteiger charge is -2.31. The molecule has 12 heteroatoms. The number of benzene rings is 3. The number of rotatable bonds is 8. The molecule has 276 valence electrons. The standard InChI is InChI=1S/C41H42N2O10/c1-17-13-29(27(11)34-31(17)37(43-16-42-34)52-35-23(7)19(3)32(38(45)46)20(4)24(35)8)51-39(47)33-21(5)25(9)36(26(10)22(33)6)53-40(48)41(49)18(2)14-28(44)15-30(41)50-12/h13-16,49H,1-12H3,(H,45,46). The monoisotopic (exact) mass is 722 g/mol. The molecule has 2 N–H and O–H groups in total. The van der Waals surface area contributed by atoms with Crippen LogP contribution in [0.3, 0.4) is 0 Å². The number of aromatic carboxylic acids is 1. The molecule has 3 aromatic carbocycles. The van der Waals surface area contributed by atoms with E-state index in [0.717, 1.165) is 12.2 Å². The van der Waals surface area contributed by atoms with Crippen LogP contribution in [0.25, 0.3) is 10.9 Å². The van der Waals surface area contributed by atoms with Gasteiger partial charge in [0.05, 0.1) is 29.1 Å². The van der Waals surface area contributed by atoms with Gasteiger partial charge in [-0.25, -0.2) is 24.4 Å². The number of carboxylic acids is 1. The summed E-state index contributed by atoms with van der Waals surface area (Å²) in [6.07, 6.45) is 3.53. The van der Waals surface area contributed by atoms with Gasteiger partial charge in [-0.2, -0.15) is 0 Å². The number of aliphatic hydroxyl groups is 1. The number of allylic oxidation sites excluding steroid dienone is 2. The number of hydrogen-bond donors (Lipinski definition) is 2. The number of carbonyl (C=O) groups excluding carboxylic acids is 3. The van der Waals surface area contributed by atoms with Crippen molar-refractivity contribution in [2.24, 2.45) is 0 Å². The van der Waals surface area contributed by atoms with Crippen molar-refractivity contribution in [3.63, 3.8) is 0 Å². The van der Waals surface area contributed by atoms with Crippen LogP contribution in [0, 0.1) is 69.2 Å². The first kappa shape index (κ1) is 38.4. The smallest absolute Gasteiger partial charge is 0.356 e. The van der Waals surface area contributed by atoms with Gasteiger partial charge < -0.3 is 29.2 Å². The third-order valence-corrected chi connectivity index (χ3v) is 10.5. The van der Waals surface area contributed by atoms with Gasteiger partial charge in [-0.3, -0.25) is 4.79 Å². The second-order valence-corrected chi connectivity index (χ2v) is 13.5. The molecule has 0 fully saturated rings. The Bertz CT molecular complexity index is 2310. The SMILES string of the molecule is COC1=CC(=O)C=C(C)C1(O)C(=O)Oc1c(C)c(C)c(C(=O)Oc2cc(C)c3c(Oc4c(C)c(C)c(C(=O)O)c(C)c4C)ncnc3c2C)c(C)c1C. The Morgan fingerprint density at radius 2 is 1.25 bits per heavy atom. The van der Waals surface area contributed by atoms with E-state index in [9.17, 15) is 29.4 Å². The normalized spacial score (nSPS) is 15.5. The summed E-state index contributed by atoms with van der Waals surface area (Å²) in [6.45, 7) is 18.9. The molecule has 53 heavy (non-hydrogen) atoms. The molecule has 0 radical (unpaired) electrons. The molecule has 0 amide bonds. The van der Waals surface area contributed by atoms with Gasteiger partial charge in [-0.15, -0.1) is 0 Å². The predicted octanol–water partition coefficient (Wildman–Crippen LogP) is 7.12. The summed E-state index contributed by atoms with van der Waals surface area (Å²) in [5.74, 6) is -2.19. The van der Waals surface area contributed by atoms with Gasteiger partial charge in [0.1, 0.15) is 29.3 Å². The third kappa shape index (κ3) is 6.22. The van der Waals surface area contributed by atoms with E-state index in [1.54, 1.807) is 54.5 Å². The van der Waals surface area contributed by atoms with E-state index in [0.29, 0.717) is 72.3 Å². The van der Waals surface area contributed by atoms with Gasteiger partial charge in [-0.1, -0.05) is 0 Å². The Labute approximate surface area is 307 Å². The first-order chi connectivity index (χ1) is 24.8. The Balaban J connectivity index is 1.50. The highest BCUT2D eigenvalue weighted by Crippen LogP contribution is 2.41. The minimum absolute atomic E-state index is 0.0469. The summed E-state index contributed by atoms with van der Waals surface area (Å²) in [5, 5.41) is 21.8. The van der Waals surface area contributed by atoms with Crippen LogP contribution in [0.15, 0.2) is 35.9 Å². The molecule has 0 spiro atoms. The first-order valence-electron chi connectivity index (χ1n) is 16.8. The number of esters is 2. The maximum atomic E-state index is 13.9. The van der Waals surface area contributed by atoms with Gasteiger partial charge in [-0.05, 0) is 144 Å². The van der Waals surface area contributed by atoms with Crippen molar-refractivity contribution in [3.8, 4) is 23.1 Å². The summed E-state index contributed by atoms with van der Waals surface area (Å²) in [4.78, 5) is 60.3. The molecule has 4 aromatic rings. The van der Waals surface area contributed by atoms with E-state index in [-0.39, 0.29) is 39.8 Å². The maximum absolute atomic E-state index is 13.9. The molecular weight excluding hydrogens is 680 g/mol. The highest BCUT2D eigenvalue weighted by Gasteiger charge is 2.48. The van der Waals surface area contributed by atoms with E-state index >= 15 is 0 Å².